The lowest BCUT2D eigenvalue weighted by Crippen LogP contribution is -2.50. The van der Waals surface area contributed by atoms with E-state index in [-0.39, 0.29) is 5.91 Å². The van der Waals surface area contributed by atoms with E-state index in [9.17, 15) is 4.79 Å². The van der Waals surface area contributed by atoms with Crippen LogP contribution >= 0.6 is 0 Å². The Kier molecular flexibility index (Phi) is 5.34. The number of likely N-dealkylation sites (N-methyl/N-ethyl adjacent to an activating group) is 1. The minimum atomic E-state index is 0.241. The number of piperidine rings is 1. The molecule has 126 valence electrons. The molecule has 4 nitrogen and oxygen atoms in total. The minimum absolute atomic E-state index is 0.241. The van der Waals surface area contributed by atoms with Gasteiger partial charge in [0.05, 0.1) is 6.54 Å². The number of carbonyl (C=O) groups excluding carboxylic acids is 1. The SMILES string of the molecule is CC1CC(N(C)C(=O)CNC2CC2)CCN1Cc1ccccc1. The summed E-state index contributed by atoms with van der Waals surface area (Å²) < 4.78 is 0. The highest BCUT2D eigenvalue weighted by molar-refractivity contribution is 5.78. The summed E-state index contributed by atoms with van der Waals surface area (Å²) in [6.45, 7) is 4.86. The quantitative estimate of drug-likeness (QED) is 0.874. The van der Waals surface area contributed by atoms with Crippen LogP contribution in [0.4, 0.5) is 0 Å². The number of nitrogens with zero attached hydrogens (tertiary/aromatic N) is 2. The lowest BCUT2D eigenvalue weighted by Gasteiger charge is -2.41. The molecule has 0 spiro atoms. The number of hydrogen-bond donors (Lipinski definition) is 1. The van der Waals surface area contributed by atoms with Crippen molar-refractivity contribution in [3.63, 3.8) is 0 Å². The zero-order valence-corrected chi connectivity index (χ0v) is 14.4. The maximum Gasteiger partial charge on any atom is 0.236 e. The molecule has 0 aromatic heterocycles. The van der Waals surface area contributed by atoms with Crippen molar-refractivity contribution in [1.29, 1.82) is 0 Å². The van der Waals surface area contributed by atoms with Crippen molar-refractivity contribution in [3.8, 4) is 0 Å². The molecule has 2 fully saturated rings. The Labute approximate surface area is 139 Å². The van der Waals surface area contributed by atoms with E-state index in [1.54, 1.807) is 0 Å². The van der Waals surface area contributed by atoms with Crippen LogP contribution in [-0.4, -0.2) is 54.0 Å². The Morgan fingerprint density at radius 1 is 1.26 bits per heavy atom. The summed E-state index contributed by atoms with van der Waals surface area (Å²) in [7, 11) is 1.97. The van der Waals surface area contributed by atoms with Gasteiger partial charge in [0.2, 0.25) is 5.91 Å². The Hall–Kier alpha value is -1.39. The maximum atomic E-state index is 12.3. The molecular weight excluding hydrogens is 286 g/mol. The van der Waals surface area contributed by atoms with Gasteiger partial charge in [-0.25, -0.2) is 0 Å². The topological polar surface area (TPSA) is 35.6 Å². The number of benzene rings is 1. The van der Waals surface area contributed by atoms with Crippen LogP contribution in [0.5, 0.6) is 0 Å². The van der Waals surface area contributed by atoms with E-state index in [1.165, 1.54) is 18.4 Å². The van der Waals surface area contributed by atoms with Gasteiger partial charge in [-0.05, 0) is 38.2 Å². The zero-order valence-electron chi connectivity index (χ0n) is 14.4. The summed E-state index contributed by atoms with van der Waals surface area (Å²) in [5, 5.41) is 3.33. The van der Waals surface area contributed by atoms with E-state index in [0.29, 0.717) is 24.7 Å². The van der Waals surface area contributed by atoms with E-state index in [1.807, 2.05) is 11.9 Å². The van der Waals surface area contributed by atoms with Gasteiger partial charge < -0.3 is 10.2 Å². The second-order valence-corrected chi connectivity index (χ2v) is 7.14. The summed E-state index contributed by atoms with van der Waals surface area (Å²) in [5.41, 5.74) is 1.37. The summed E-state index contributed by atoms with van der Waals surface area (Å²) in [6.07, 6.45) is 4.60. The van der Waals surface area contributed by atoms with Crippen LogP contribution in [-0.2, 0) is 11.3 Å². The predicted molar refractivity (Wildman–Crippen MR) is 93.1 cm³/mol. The fourth-order valence-corrected chi connectivity index (χ4v) is 3.45. The van der Waals surface area contributed by atoms with Gasteiger partial charge in [0.1, 0.15) is 0 Å². The van der Waals surface area contributed by atoms with E-state index in [2.05, 4.69) is 47.5 Å². The van der Waals surface area contributed by atoms with Crippen molar-refractivity contribution in [3.05, 3.63) is 35.9 Å². The monoisotopic (exact) mass is 315 g/mol. The van der Waals surface area contributed by atoms with Crippen molar-refractivity contribution in [1.82, 2.24) is 15.1 Å². The summed E-state index contributed by atoms with van der Waals surface area (Å²) >= 11 is 0. The lowest BCUT2D eigenvalue weighted by molar-refractivity contribution is -0.132. The first-order valence-corrected chi connectivity index (χ1v) is 8.90. The molecule has 0 radical (unpaired) electrons. The molecule has 2 atom stereocenters. The van der Waals surface area contributed by atoms with Crippen LogP contribution in [0.15, 0.2) is 30.3 Å². The minimum Gasteiger partial charge on any atom is -0.342 e. The van der Waals surface area contributed by atoms with Gasteiger partial charge in [-0.3, -0.25) is 9.69 Å². The van der Waals surface area contributed by atoms with Gasteiger partial charge >= 0.3 is 0 Å². The molecule has 2 unspecified atom stereocenters. The Bertz CT molecular complexity index is 515. The number of carbonyl (C=O) groups is 1. The zero-order chi connectivity index (χ0) is 16.2. The number of likely N-dealkylation sites (tertiary alicyclic amines) is 1. The highest BCUT2D eigenvalue weighted by Crippen LogP contribution is 2.23. The van der Waals surface area contributed by atoms with Crippen LogP contribution in [0.25, 0.3) is 0 Å². The molecule has 1 saturated heterocycles. The van der Waals surface area contributed by atoms with Gasteiger partial charge in [0, 0.05) is 38.3 Å². The number of hydrogen-bond acceptors (Lipinski definition) is 3. The lowest BCUT2D eigenvalue weighted by atomic mass is 9.96. The third-order valence-corrected chi connectivity index (χ3v) is 5.27. The van der Waals surface area contributed by atoms with Crippen LogP contribution in [0, 0.1) is 0 Å². The molecule has 1 aromatic rings. The highest BCUT2D eigenvalue weighted by Gasteiger charge is 2.30. The normalized spacial score (nSPS) is 25.3. The molecule has 1 amide bonds. The highest BCUT2D eigenvalue weighted by atomic mass is 16.2. The van der Waals surface area contributed by atoms with Gasteiger partial charge in [0.25, 0.3) is 0 Å². The summed E-state index contributed by atoms with van der Waals surface area (Å²) in [4.78, 5) is 16.8. The summed E-state index contributed by atoms with van der Waals surface area (Å²) in [5.74, 6) is 0.241. The molecule has 1 aromatic carbocycles. The third-order valence-electron chi connectivity index (χ3n) is 5.27. The van der Waals surface area contributed by atoms with Crippen molar-refractivity contribution in [2.24, 2.45) is 0 Å². The van der Waals surface area contributed by atoms with Crippen LogP contribution < -0.4 is 5.32 Å². The molecule has 0 bridgehead atoms. The Balaban J connectivity index is 1.48. The molecule has 1 aliphatic carbocycles. The first-order valence-electron chi connectivity index (χ1n) is 8.90. The molecule has 1 saturated carbocycles. The van der Waals surface area contributed by atoms with Gasteiger partial charge in [-0.15, -0.1) is 0 Å². The number of nitrogens with one attached hydrogen (secondary N) is 1. The Morgan fingerprint density at radius 2 is 2.00 bits per heavy atom. The van der Waals surface area contributed by atoms with Gasteiger partial charge in [-0.1, -0.05) is 30.3 Å². The molecule has 1 heterocycles. The molecule has 2 aliphatic rings. The molecule has 1 aliphatic heterocycles. The first-order chi connectivity index (χ1) is 11.1. The molecule has 23 heavy (non-hydrogen) atoms. The van der Waals surface area contributed by atoms with E-state index in [4.69, 9.17) is 0 Å². The molecule has 4 heteroatoms. The average molecular weight is 315 g/mol. The predicted octanol–water partition coefficient (Wildman–Crippen LogP) is 2.25. The Morgan fingerprint density at radius 3 is 2.65 bits per heavy atom. The fraction of sp³-hybridized carbons (Fsp3) is 0.632. The largest absolute Gasteiger partial charge is 0.342 e. The summed E-state index contributed by atoms with van der Waals surface area (Å²) in [6, 6.07) is 12.1. The van der Waals surface area contributed by atoms with Gasteiger partial charge in [-0.2, -0.15) is 0 Å². The standard InChI is InChI=1S/C19H29N3O/c1-15-12-18(21(2)19(23)13-20-17-8-9-17)10-11-22(15)14-16-6-4-3-5-7-16/h3-7,15,17-18,20H,8-14H2,1-2H3. The molecule has 1 N–H and O–H groups in total. The van der Waals surface area contributed by atoms with E-state index >= 15 is 0 Å². The molecule has 3 rings (SSSR count). The second-order valence-electron chi connectivity index (χ2n) is 7.14. The maximum absolute atomic E-state index is 12.3. The fourth-order valence-electron chi connectivity index (χ4n) is 3.45. The van der Waals surface area contributed by atoms with E-state index < -0.39 is 0 Å². The molecular formula is C19H29N3O. The van der Waals surface area contributed by atoms with E-state index in [0.717, 1.165) is 25.9 Å². The number of rotatable bonds is 6. The van der Waals surface area contributed by atoms with Crippen molar-refractivity contribution in [2.75, 3.05) is 20.1 Å². The van der Waals surface area contributed by atoms with Crippen LogP contribution in [0.2, 0.25) is 0 Å². The van der Waals surface area contributed by atoms with Crippen molar-refractivity contribution in [2.45, 2.75) is 57.3 Å². The number of amides is 1. The van der Waals surface area contributed by atoms with Crippen molar-refractivity contribution < 1.29 is 4.79 Å². The first kappa shape index (κ1) is 16.5. The van der Waals surface area contributed by atoms with Crippen LogP contribution in [0.3, 0.4) is 0 Å². The average Bonchev–Trinajstić information content (AvgIpc) is 3.39. The van der Waals surface area contributed by atoms with Crippen molar-refractivity contribution >= 4 is 5.91 Å². The van der Waals surface area contributed by atoms with Crippen LogP contribution in [0.1, 0.15) is 38.2 Å². The third kappa shape index (κ3) is 4.55. The van der Waals surface area contributed by atoms with Gasteiger partial charge in [0.15, 0.2) is 0 Å². The second kappa shape index (κ2) is 7.45. The smallest absolute Gasteiger partial charge is 0.236 e.